The Labute approximate surface area is 187 Å². The van der Waals surface area contributed by atoms with Crippen LogP contribution in [-0.4, -0.2) is 53.1 Å². The fourth-order valence-corrected chi connectivity index (χ4v) is 5.34. The number of aromatic nitrogens is 2. The van der Waals surface area contributed by atoms with Crippen LogP contribution in [0.3, 0.4) is 0 Å². The van der Waals surface area contributed by atoms with Crippen LogP contribution in [0, 0.1) is 17.0 Å². The number of carbonyl (C=O) groups is 1. The molecule has 1 aliphatic rings. The fourth-order valence-electron chi connectivity index (χ4n) is 3.85. The van der Waals surface area contributed by atoms with Gasteiger partial charge in [-0.05, 0) is 44.7 Å². The van der Waals surface area contributed by atoms with Crippen molar-refractivity contribution in [2.75, 3.05) is 18.1 Å². The van der Waals surface area contributed by atoms with Crippen LogP contribution in [0.1, 0.15) is 54.1 Å². The van der Waals surface area contributed by atoms with E-state index in [0.717, 1.165) is 24.4 Å². The largest absolute Gasteiger partial charge is 0.348 e. The van der Waals surface area contributed by atoms with Gasteiger partial charge in [0.05, 0.1) is 23.8 Å². The summed E-state index contributed by atoms with van der Waals surface area (Å²) >= 11 is 0. The van der Waals surface area contributed by atoms with Gasteiger partial charge in [-0.3, -0.25) is 4.79 Å². The van der Waals surface area contributed by atoms with E-state index in [0.29, 0.717) is 37.1 Å². The van der Waals surface area contributed by atoms with E-state index in [1.54, 1.807) is 0 Å². The van der Waals surface area contributed by atoms with Gasteiger partial charge in [-0.1, -0.05) is 24.6 Å². The molecule has 1 aromatic carbocycles. The molecule has 11 heteroatoms. The van der Waals surface area contributed by atoms with E-state index >= 15 is 0 Å². The second kappa shape index (κ2) is 10.6. The van der Waals surface area contributed by atoms with Crippen molar-refractivity contribution in [3.63, 3.8) is 0 Å². The van der Waals surface area contributed by atoms with Gasteiger partial charge >= 0.3 is 0 Å². The maximum atomic E-state index is 13.0. The summed E-state index contributed by atoms with van der Waals surface area (Å²) in [4.78, 5) is 32.1. The number of para-hydroxylation sites is 1. The molecule has 174 valence electrons. The predicted molar refractivity (Wildman–Crippen MR) is 118 cm³/mol. The summed E-state index contributed by atoms with van der Waals surface area (Å²) in [5.41, 5.74) is 1.93. The second-order valence-corrected chi connectivity index (χ2v) is 10.2. The van der Waals surface area contributed by atoms with E-state index < -0.39 is 14.9 Å². The molecule has 10 nitrogen and oxygen atoms in total. The normalized spacial score (nSPS) is 15.9. The third-order valence-corrected chi connectivity index (χ3v) is 7.25. The summed E-state index contributed by atoms with van der Waals surface area (Å²) in [6, 6.07) is 9.44. The Morgan fingerprint density at radius 1 is 1.22 bits per heavy atom. The minimum Gasteiger partial charge on any atom is -0.348 e. The predicted octanol–water partition coefficient (Wildman–Crippen LogP) is 2.41. The molecular formula is C21H28N4O6S. The number of carbonyl (C=O) groups excluding carboxylic acids is 1. The maximum absolute atomic E-state index is 13.0. The molecule has 0 spiro atoms. The van der Waals surface area contributed by atoms with Gasteiger partial charge in [-0.2, -0.15) is 0 Å². The summed E-state index contributed by atoms with van der Waals surface area (Å²) in [7, 11) is -3.00. The Morgan fingerprint density at radius 2 is 1.91 bits per heavy atom. The van der Waals surface area contributed by atoms with Crippen LogP contribution in [0.4, 0.5) is 0 Å². The third kappa shape index (κ3) is 6.28. The van der Waals surface area contributed by atoms with Crippen LogP contribution in [0.15, 0.2) is 30.3 Å². The molecule has 2 heterocycles. The Bertz CT molecular complexity index is 1040. The molecule has 0 saturated carbocycles. The molecule has 1 N–H and O–H groups in total. The molecule has 0 radical (unpaired) electrons. The van der Waals surface area contributed by atoms with Crippen molar-refractivity contribution >= 4 is 15.7 Å². The number of hydrogen-bond donors (Lipinski definition) is 1. The van der Waals surface area contributed by atoms with Gasteiger partial charge in [0.15, 0.2) is 0 Å². The van der Waals surface area contributed by atoms with Crippen molar-refractivity contribution in [2.24, 2.45) is 0 Å². The lowest BCUT2D eigenvalue weighted by Gasteiger charge is -2.22. The number of unbranched alkanes of at least 4 members (excludes halogenated alkanes) is 2. The number of nitrogens with zero attached hydrogens (tertiary/aromatic N) is 3. The molecule has 32 heavy (non-hydrogen) atoms. The van der Waals surface area contributed by atoms with Crippen molar-refractivity contribution in [2.45, 2.75) is 51.5 Å². The first-order chi connectivity index (χ1) is 15.3. The average molecular weight is 465 g/mol. The number of imidazole rings is 1. The van der Waals surface area contributed by atoms with Gasteiger partial charge in [0.2, 0.25) is 0 Å². The van der Waals surface area contributed by atoms with E-state index in [9.17, 15) is 23.3 Å². The molecule has 1 fully saturated rings. The Hall–Kier alpha value is -2.95. The number of amides is 1. The number of nitrogens with one attached hydrogen (secondary N) is 1. The zero-order valence-electron chi connectivity index (χ0n) is 18.0. The van der Waals surface area contributed by atoms with Crippen LogP contribution >= 0.6 is 0 Å². The molecule has 1 aliphatic heterocycles. The summed E-state index contributed by atoms with van der Waals surface area (Å²) in [6.45, 7) is 1.90. The van der Waals surface area contributed by atoms with Crippen molar-refractivity contribution < 1.29 is 23.1 Å². The minimum atomic E-state index is -3.00. The average Bonchev–Trinajstić information content (AvgIpc) is 3.08. The highest BCUT2D eigenvalue weighted by Crippen LogP contribution is 2.21. The Kier molecular flexibility index (Phi) is 7.84. The summed E-state index contributed by atoms with van der Waals surface area (Å²) in [5, 5.41) is 12.4. The maximum Gasteiger partial charge on any atom is 0.294 e. The highest BCUT2D eigenvalue weighted by molar-refractivity contribution is 7.91. The highest BCUT2D eigenvalue weighted by atomic mass is 32.2. The van der Waals surface area contributed by atoms with E-state index in [1.807, 2.05) is 41.8 Å². The van der Waals surface area contributed by atoms with E-state index in [2.05, 4.69) is 15.1 Å². The van der Waals surface area contributed by atoms with Crippen LogP contribution in [0.5, 0.6) is 0 Å². The van der Waals surface area contributed by atoms with Crippen molar-refractivity contribution in [3.8, 4) is 5.69 Å². The van der Waals surface area contributed by atoms with E-state index in [1.165, 1.54) is 0 Å². The van der Waals surface area contributed by atoms with Gasteiger partial charge in [0, 0.05) is 18.2 Å². The highest BCUT2D eigenvalue weighted by Gasteiger charge is 2.27. The lowest BCUT2D eigenvalue weighted by atomic mass is 10.1. The number of benzene rings is 1. The second-order valence-electron chi connectivity index (χ2n) is 7.90. The lowest BCUT2D eigenvalue weighted by Crippen LogP contribution is -2.41. The zero-order valence-corrected chi connectivity index (χ0v) is 18.8. The molecular weight excluding hydrogens is 436 g/mol. The SMILES string of the molecule is Cc1c(C(=O)NC2CCS(=O)(=O)CC2)nc(CCCCCO[N+](=O)[O-])n1-c1ccccc1. The third-order valence-electron chi connectivity index (χ3n) is 5.54. The molecule has 1 aromatic heterocycles. The van der Waals surface area contributed by atoms with Crippen molar-refractivity contribution in [1.29, 1.82) is 0 Å². The molecule has 0 unspecified atom stereocenters. The Morgan fingerprint density at radius 3 is 2.56 bits per heavy atom. The smallest absolute Gasteiger partial charge is 0.294 e. The molecule has 1 saturated heterocycles. The summed E-state index contributed by atoms with van der Waals surface area (Å²) in [5.74, 6) is 0.601. The van der Waals surface area contributed by atoms with Crippen molar-refractivity contribution in [1.82, 2.24) is 14.9 Å². The minimum absolute atomic E-state index is 0.0594. The molecule has 0 atom stereocenters. The van der Waals surface area contributed by atoms with Gasteiger partial charge < -0.3 is 14.7 Å². The summed E-state index contributed by atoms with van der Waals surface area (Å²) < 4.78 is 25.2. The number of rotatable bonds is 10. The standard InChI is InChI=1S/C21H28N4O6S/c1-16-20(21(26)22-17-11-14-32(29,30)15-12-17)23-19(10-6-3-7-13-31-25(27)28)24(16)18-8-4-2-5-9-18/h2,4-5,8-9,17H,3,6-7,10-15H2,1H3,(H,22,26). The van der Waals surface area contributed by atoms with Crippen LogP contribution in [0.2, 0.25) is 0 Å². The zero-order chi connectivity index (χ0) is 23.1. The van der Waals surface area contributed by atoms with E-state index in [-0.39, 0.29) is 30.1 Å². The molecule has 2 aromatic rings. The number of hydrogen-bond acceptors (Lipinski definition) is 7. The molecule has 3 rings (SSSR count). The van der Waals surface area contributed by atoms with Crippen LogP contribution < -0.4 is 5.32 Å². The van der Waals surface area contributed by atoms with E-state index in [4.69, 9.17) is 0 Å². The van der Waals surface area contributed by atoms with Gasteiger partial charge in [0.25, 0.3) is 11.0 Å². The first kappa shape index (κ1) is 23.7. The monoisotopic (exact) mass is 464 g/mol. The van der Waals surface area contributed by atoms with Crippen LogP contribution in [-0.2, 0) is 21.1 Å². The van der Waals surface area contributed by atoms with Gasteiger partial charge in [-0.15, -0.1) is 10.1 Å². The Balaban J connectivity index is 1.72. The lowest BCUT2D eigenvalue weighted by molar-refractivity contribution is -0.757. The first-order valence-corrected chi connectivity index (χ1v) is 12.5. The number of aryl methyl sites for hydroxylation is 1. The summed E-state index contributed by atoms with van der Waals surface area (Å²) in [6.07, 6.45) is 3.45. The van der Waals surface area contributed by atoms with Crippen molar-refractivity contribution in [3.05, 3.63) is 57.7 Å². The van der Waals surface area contributed by atoms with Gasteiger partial charge in [0.1, 0.15) is 21.4 Å². The first-order valence-electron chi connectivity index (χ1n) is 10.7. The molecule has 1 amide bonds. The topological polar surface area (TPSA) is 133 Å². The van der Waals surface area contributed by atoms with Gasteiger partial charge in [-0.25, -0.2) is 13.4 Å². The molecule has 0 aliphatic carbocycles. The molecule has 0 bridgehead atoms. The van der Waals surface area contributed by atoms with Crippen LogP contribution in [0.25, 0.3) is 5.69 Å². The quantitative estimate of drug-likeness (QED) is 0.324. The fraction of sp³-hybridized carbons (Fsp3) is 0.524. The number of sulfone groups is 1.